The average molecular weight is 234 g/mol. The molecule has 0 bridgehead atoms. The van der Waals surface area contributed by atoms with Crippen molar-refractivity contribution in [2.75, 3.05) is 0 Å². The van der Waals surface area contributed by atoms with Crippen molar-refractivity contribution in [1.82, 2.24) is 0 Å². The fourth-order valence-corrected chi connectivity index (χ4v) is 1.76. The Morgan fingerprint density at radius 1 is 1.18 bits per heavy atom. The van der Waals surface area contributed by atoms with Crippen molar-refractivity contribution in [3.05, 3.63) is 35.9 Å². The quantitative estimate of drug-likeness (QED) is 0.522. The van der Waals surface area contributed by atoms with Crippen molar-refractivity contribution in [3.8, 4) is 0 Å². The zero-order valence-electron chi connectivity index (χ0n) is 10.8. The Balaban J connectivity index is 2.42. The molecule has 0 saturated carbocycles. The molecule has 1 atom stereocenters. The third-order valence-corrected chi connectivity index (χ3v) is 2.87. The molecule has 0 aliphatic carbocycles. The first-order valence-electron chi connectivity index (χ1n) is 6.54. The summed E-state index contributed by atoms with van der Waals surface area (Å²) in [5.74, 6) is -0.200. The van der Waals surface area contributed by atoms with Crippen molar-refractivity contribution >= 4 is 5.97 Å². The largest absolute Gasteiger partial charge is 0.459 e. The van der Waals surface area contributed by atoms with Gasteiger partial charge in [0.15, 0.2) is 0 Å². The van der Waals surface area contributed by atoms with Crippen molar-refractivity contribution in [3.63, 3.8) is 0 Å². The highest BCUT2D eigenvalue weighted by Crippen LogP contribution is 2.12. The predicted molar refractivity (Wildman–Crippen MR) is 70.1 cm³/mol. The van der Waals surface area contributed by atoms with Crippen molar-refractivity contribution in [1.29, 1.82) is 0 Å². The lowest BCUT2D eigenvalue weighted by atomic mass is 10.1. The Morgan fingerprint density at radius 2 is 1.88 bits per heavy atom. The van der Waals surface area contributed by atoms with Crippen LogP contribution < -0.4 is 0 Å². The Morgan fingerprint density at radius 3 is 2.47 bits per heavy atom. The molecule has 1 rings (SSSR count). The van der Waals surface area contributed by atoms with Crippen LogP contribution >= 0.6 is 0 Å². The highest BCUT2D eigenvalue weighted by molar-refractivity contribution is 5.89. The highest BCUT2D eigenvalue weighted by atomic mass is 16.5. The summed E-state index contributed by atoms with van der Waals surface area (Å²) in [7, 11) is 0. The summed E-state index contributed by atoms with van der Waals surface area (Å²) in [5, 5.41) is 0. The molecule has 0 radical (unpaired) electrons. The maximum atomic E-state index is 11.8. The van der Waals surface area contributed by atoms with E-state index < -0.39 is 0 Å². The van der Waals surface area contributed by atoms with Gasteiger partial charge in [-0.2, -0.15) is 0 Å². The zero-order chi connectivity index (χ0) is 12.5. The Labute approximate surface area is 104 Å². The number of hydrogen-bond donors (Lipinski definition) is 0. The average Bonchev–Trinajstić information content (AvgIpc) is 2.38. The van der Waals surface area contributed by atoms with Crippen LogP contribution in [0.15, 0.2) is 30.3 Å². The molecular formula is C15H22O2. The monoisotopic (exact) mass is 234 g/mol. The van der Waals surface area contributed by atoms with E-state index in [0.29, 0.717) is 5.56 Å². The van der Waals surface area contributed by atoms with E-state index in [1.807, 2.05) is 18.2 Å². The molecule has 0 aromatic heterocycles. The second-order valence-electron chi connectivity index (χ2n) is 4.30. The van der Waals surface area contributed by atoms with E-state index in [2.05, 4.69) is 13.8 Å². The molecule has 0 heterocycles. The second kappa shape index (κ2) is 7.88. The predicted octanol–water partition coefficient (Wildman–Crippen LogP) is 4.20. The lowest BCUT2D eigenvalue weighted by molar-refractivity contribution is 0.0267. The minimum atomic E-state index is -0.200. The fourth-order valence-electron chi connectivity index (χ4n) is 1.76. The second-order valence-corrected chi connectivity index (χ2v) is 4.30. The zero-order valence-corrected chi connectivity index (χ0v) is 10.8. The van der Waals surface area contributed by atoms with Crippen LogP contribution in [-0.4, -0.2) is 12.1 Å². The van der Waals surface area contributed by atoms with Gasteiger partial charge >= 0.3 is 5.97 Å². The standard InChI is InChI=1S/C15H22O2/c1-3-5-7-12-14(4-2)17-15(16)13-10-8-6-9-11-13/h6,8-11,14H,3-5,7,12H2,1-2H3. The van der Waals surface area contributed by atoms with Gasteiger partial charge in [0.1, 0.15) is 6.10 Å². The fraction of sp³-hybridized carbons (Fsp3) is 0.533. The van der Waals surface area contributed by atoms with Crippen LogP contribution in [0.2, 0.25) is 0 Å². The summed E-state index contributed by atoms with van der Waals surface area (Å²) in [5.41, 5.74) is 0.640. The van der Waals surface area contributed by atoms with Crippen molar-refractivity contribution in [2.24, 2.45) is 0 Å². The van der Waals surface area contributed by atoms with Crippen LogP contribution in [0.1, 0.15) is 56.3 Å². The number of carbonyl (C=O) groups is 1. The maximum absolute atomic E-state index is 11.8. The van der Waals surface area contributed by atoms with Gasteiger partial charge in [-0.1, -0.05) is 44.9 Å². The van der Waals surface area contributed by atoms with Crippen LogP contribution in [0.5, 0.6) is 0 Å². The van der Waals surface area contributed by atoms with E-state index in [4.69, 9.17) is 4.74 Å². The van der Waals surface area contributed by atoms with Gasteiger partial charge < -0.3 is 4.74 Å². The number of unbranched alkanes of at least 4 members (excludes halogenated alkanes) is 2. The molecule has 2 heteroatoms. The number of esters is 1. The number of carbonyl (C=O) groups excluding carboxylic acids is 1. The minimum absolute atomic E-state index is 0.0641. The Hall–Kier alpha value is -1.31. The van der Waals surface area contributed by atoms with Crippen LogP contribution in [0.25, 0.3) is 0 Å². The van der Waals surface area contributed by atoms with Gasteiger partial charge in [0.2, 0.25) is 0 Å². The van der Waals surface area contributed by atoms with E-state index >= 15 is 0 Å². The molecule has 0 saturated heterocycles. The molecule has 0 aliphatic rings. The first kappa shape index (κ1) is 13.8. The topological polar surface area (TPSA) is 26.3 Å². The highest BCUT2D eigenvalue weighted by Gasteiger charge is 2.13. The van der Waals surface area contributed by atoms with E-state index in [1.54, 1.807) is 12.1 Å². The normalized spacial score (nSPS) is 12.1. The molecule has 1 unspecified atom stereocenters. The molecule has 17 heavy (non-hydrogen) atoms. The molecule has 0 fully saturated rings. The number of rotatable bonds is 7. The summed E-state index contributed by atoms with van der Waals surface area (Å²) in [6.45, 7) is 4.24. The van der Waals surface area contributed by atoms with Gasteiger partial charge in [-0.3, -0.25) is 0 Å². The van der Waals surface area contributed by atoms with Gasteiger partial charge in [-0.25, -0.2) is 4.79 Å². The van der Waals surface area contributed by atoms with Gasteiger partial charge in [-0.05, 0) is 31.4 Å². The van der Waals surface area contributed by atoms with Crippen LogP contribution in [-0.2, 0) is 4.74 Å². The molecule has 1 aromatic carbocycles. The molecule has 94 valence electrons. The summed E-state index contributed by atoms with van der Waals surface area (Å²) in [6.07, 6.45) is 5.47. The molecule has 0 spiro atoms. The SMILES string of the molecule is CCCCCC(CC)OC(=O)c1ccccc1. The number of hydrogen-bond acceptors (Lipinski definition) is 2. The van der Waals surface area contributed by atoms with Crippen LogP contribution in [0, 0.1) is 0 Å². The van der Waals surface area contributed by atoms with Gasteiger partial charge in [0.05, 0.1) is 5.56 Å². The Kier molecular flexibility index (Phi) is 6.38. The van der Waals surface area contributed by atoms with E-state index in [1.165, 1.54) is 12.8 Å². The van der Waals surface area contributed by atoms with Crippen molar-refractivity contribution < 1.29 is 9.53 Å². The Bertz CT molecular complexity index is 319. The smallest absolute Gasteiger partial charge is 0.338 e. The number of benzene rings is 1. The lowest BCUT2D eigenvalue weighted by Gasteiger charge is -2.15. The molecule has 0 N–H and O–H groups in total. The minimum Gasteiger partial charge on any atom is -0.459 e. The first-order valence-corrected chi connectivity index (χ1v) is 6.54. The maximum Gasteiger partial charge on any atom is 0.338 e. The summed E-state index contributed by atoms with van der Waals surface area (Å²) >= 11 is 0. The van der Waals surface area contributed by atoms with Crippen LogP contribution in [0.4, 0.5) is 0 Å². The van der Waals surface area contributed by atoms with Crippen molar-refractivity contribution in [2.45, 2.75) is 52.1 Å². The summed E-state index contributed by atoms with van der Waals surface area (Å²) < 4.78 is 5.49. The lowest BCUT2D eigenvalue weighted by Crippen LogP contribution is -2.17. The van der Waals surface area contributed by atoms with Gasteiger partial charge in [-0.15, -0.1) is 0 Å². The van der Waals surface area contributed by atoms with Crippen LogP contribution in [0.3, 0.4) is 0 Å². The molecule has 0 amide bonds. The van der Waals surface area contributed by atoms with E-state index in [0.717, 1.165) is 19.3 Å². The van der Waals surface area contributed by atoms with E-state index in [-0.39, 0.29) is 12.1 Å². The molecule has 0 aliphatic heterocycles. The molecule has 2 nitrogen and oxygen atoms in total. The third kappa shape index (κ3) is 5.03. The first-order chi connectivity index (χ1) is 8.27. The van der Waals surface area contributed by atoms with Gasteiger partial charge in [0.25, 0.3) is 0 Å². The summed E-state index contributed by atoms with van der Waals surface area (Å²) in [4.78, 5) is 11.8. The van der Waals surface area contributed by atoms with Gasteiger partial charge in [0, 0.05) is 0 Å². The number of ether oxygens (including phenoxy) is 1. The van der Waals surface area contributed by atoms with E-state index in [9.17, 15) is 4.79 Å². The summed E-state index contributed by atoms with van der Waals surface area (Å²) in [6, 6.07) is 9.20. The molecule has 1 aromatic rings. The molecular weight excluding hydrogens is 212 g/mol. The third-order valence-electron chi connectivity index (χ3n) is 2.87.